The minimum Gasteiger partial charge on any atom is -0.493 e. The Morgan fingerprint density at radius 2 is 1.68 bits per heavy atom. The Morgan fingerprint density at radius 1 is 1.11 bits per heavy atom. The summed E-state index contributed by atoms with van der Waals surface area (Å²) in [7, 11) is 6.04. The van der Waals surface area contributed by atoms with Crippen molar-refractivity contribution in [2.45, 2.75) is 0 Å². The second kappa shape index (κ2) is 5.05. The largest absolute Gasteiger partial charge is 0.493 e. The third kappa shape index (κ3) is 2.26. The lowest BCUT2D eigenvalue weighted by molar-refractivity contribution is 0.324. The van der Waals surface area contributed by atoms with Crippen LogP contribution >= 0.6 is 0 Å². The van der Waals surface area contributed by atoms with E-state index in [2.05, 4.69) is 5.10 Å². The second-order valence-electron chi connectivity index (χ2n) is 3.71. The van der Waals surface area contributed by atoms with Crippen LogP contribution in [0.3, 0.4) is 0 Å². The number of aryl methyl sites for hydroxylation is 1. The van der Waals surface area contributed by atoms with Crippen molar-refractivity contribution in [3.05, 3.63) is 22.7 Å². The average Bonchev–Trinajstić information content (AvgIpc) is 2.76. The summed E-state index contributed by atoms with van der Waals surface area (Å²) in [5, 5.41) is 3.97. The van der Waals surface area contributed by atoms with Crippen LogP contribution in [0, 0.1) is 0 Å². The van der Waals surface area contributed by atoms with Gasteiger partial charge in [0.1, 0.15) is 0 Å². The normalized spacial score (nSPS) is 10.3. The van der Waals surface area contributed by atoms with Gasteiger partial charge in [-0.25, -0.2) is 4.79 Å². The molecule has 7 nitrogen and oxygen atoms in total. The van der Waals surface area contributed by atoms with Gasteiger partial charge in [-0.3, -0.25) is 0 Å². The Labute approximate surface area is 109 Å². The van der Waals surface area contributed by atoms with Gasteiger partial charge in [0, 0.05) is 12.6 Å². The summed E-state index contributed by atoms with van der Waals surface area (Å²) in [6, 6.07) is 3.32. The predicted molar refractivity (Wildman–Crippen MR) is 66.8 cm³/mol. The van der Waals surface area contributed by atoms with Gasteiger partial charge in [0.25, 0.3) is 0 Å². The zero-order chi connectivity index (χ0) is 14.0. The summed E-state index contributed by atoms with van der Waals surface area (Å²) in [6.07, 6.45) is 0. The Balaban J connectivity index is 2.61. The molecule has 0 spiro atoms. The van der Waals surface area contributed by atoms with Crippen LogP contribution in [0.1, 0.15) is 0 Å². The molecular weight excluding hydrogens is 252 g/mol. The molecule has 0 bridgehead atoms. The van der Waals surface area contributed by atoms with Gasteiger partial charge < -0.3 is 18.6 Å². The third-order valence-electron chi connectivity index (χ3n) is 2.60. The van der Waals surface area contributed by atoms with Gasteiger partial charge in [-0.05, 0) is 12.1 Å². The van der Waals surface area contributed by atoms with Crippen LogP contribution in [0.15, 0.2) is 21.3 Å². The predicted octanol–water partition coefficient (Wildman–Crippen LogP) is 1.07. The van der Waals surface area contributed by atoms with Crippen LogP contribution < -0.4 is 20.0 Å². The van der Waals surface area contributed by atoms with Crippen LogP contribution in [0.2, 0.25) is 0 Å². The van der Waals surface area contributed by atoms with Gasteiger partial charge in [0.2, 0.25) is 11.6 Å². The van der Waals surface area contributed by atoms with E-state index in [4.69, 9.17) is 18.6 Å². The standard InChI is InChI=1S/C12H14N2O5/c1-14-12(15)19-11(13-14)7-5-8(16-2)10(18-4)9(6-7)17-3/h5-6H,1-4H3. The monoisotopic (exact) mass is 266 g/mol. The van der Waals surface area contributed by atoms with E-state index in [1.165, 1.54) is 28.4 Å². The fourth-order valence-electron chi connectivity index (χ4n) is 1.67. The van der Waals surface area contributed by atoms with E-state index in [0.29, 0.717) is 22.8 Å². The number of rotatable bonds is 4. The Kier molecular flexibility index (Phi) is 3.46. The number of benzene rings is 1. The quantitative estimate of drug-likeness (QED) is 0.823. The molecule has 0 unspecified atom stereocenters. The number of hydrogen-bond donors (Lipinski definition) is 0. The highest BCUT2D eigenvalue weighted by atomic mass is 16.5. The van der Waals surface area contributed by atoms with Crippen molar-refractivity contribution in [2.24, 2.45) is 7.05 Å². The summed E-state index contributed by atoms with van der Waals surface area (Å²) in [5.74, 6) is 1.04. The fourth-order valence-corrected chi connectivity index (χ4v) is 1.67. The molecule has 0 saturated heterocycles. The van der Waals surface area contributed by atoms with Crippen LogP contribution in [-0.4, -0.2) is 31.1 Å². The van der Waals surface area contributed by atoms with E-state index in [0.717, 1.165) is 4.68 Å². The topological polar surface area (TPSA) is 75.7 Å². The number of hydrogen-bond acceptors (Lipinski definition) is 6. The van der Waals surface area contributed by atoms with Crippen molar-refractivity contribution in [3.8, 4) is 28.7 Å². The minimum absolute atomic E-state index is 0.187. The summed E-state index contributed by atoms with van der Waals surface area (Å²) >= 11 is 0. The first kappa shape index (κ1) is 13.0. The molecular formula is C12H14N2O5. The summed E-state index contributed by atoms with van der Waals surface area (Å²) in [6.45, 7) is 0. The maximum atomic E-state index is 11.3. The van der Waals surface area contributed by atoms with E-state index < -0.39 is 5.76 Å². The SMILES string of the molecule is COc1cc(-c2nn(C)c(=O)o2)cc(OC)c1OC. The highest BCUT2D eigenvalue weighted by Gasteiger charge is 2.17. The highest BCUT2D eigenvalue weighted by Crippen LogP contribution is 2.40. The van der Waals surface area contributed by atoms with E-state index in [9.17, 15) is 4.79 Å². The second-order valence-corrected chi connectivity index (χ2v) is 3.71. The molecule has 0 saturated carbocycles. The third-order valence-corrected chi connectivity index (χ3v) is 2.60. The number of methoxy groups -OCH3 is 3. The van der Waals surface area contributed by atoms with Gasteiger partial charge in [-0.1, -0.05) is 0 Å². The van der Waals surface area contributed by atoms with Crippen molar-refractivity contribution in [1.29, 1.82) is 0 Å². The molecule has 0 fully saturated rings. The molecule has 0 atom stereocenters. The van der Waals surface area contributed by atoms with Crippen molar-refractivity contribution < 1.29 is 18.6 Å². The molecule has 0 aliphatic rings. The number of nitrogens with zero attached hydrogens (tertiary/aromatic N) is 2. The smallest absolute Gasteiger partial charge is 0.437 e. The maximum Gasteiger partial charge on any atom is 0.437 e. The summed E-state index contributed by atoms with van der Waals surface area (Å²) in [4.78, 5) is 11.3. The Bertz CT molecular complexity index is 619. The van der Waals surface area contributed by atoms with Crippen LogP contribution in [0.4, 0.5) is 0 Å². The molecule has 0 amide bonds. The Morgan fingerprint density at radius 3 is 2.05 bits per heavy atom. The molecule has 1 aromatic heterocycles. The van der Waals surface area contributed by atoms with Gasteiger partial charge in [-0.2, -0.15) is 4.68 Å². The molecule has 0 radical (unpaired) electrons. The molecule has 2 aromatic rings. The van der Waals surface area contributed by atoms with E-state index in [-0.39, 0.29) is 5.89 Å². The lowest BCUT2D eigenvalue weighted by Crippen LogP contribution is -2.09. The summed E-state index contributed by atoms with van der Waals surface area (Å²) < 4.78 is 21.8. The molecule has 2 rings (SSSR count). The van der Waals surface area contributed by atoms with Gasteiger partial charge in [0.05, 0.1) is 21.3 Å². The highest BCUT2D eigenvalue weighted by molar-refractivity contribution is 5.65. The van der Waals surface area contributed by atoms with Crippen LogP contribution in [0.5, 0.6) is 17.2 Å². The van der Waals surface area contributed by atoms with Crippen molar-refractivity contribution >= 4 is 0 Å². The fraction of sp³-hybridized carbons (Fsp3) is 0.333. The molecule has 0 aliphatic carbocycles. The molecule has 7 heteroatoms. The molecule has 102 valence electrons. The minimum atomic E-state index is -0.538. The van der Waals surface area contributed by atoms with Crippen LogP contribution in [-0.2, 0) is 7.05 Å². The van der Waals surface area contributed by atoms with Gasteiger partial charge in [-0.15, -0.1) is 5.10 Å². The Hall–Kier alpha value is -2.44. The summed E-state index contributed by atoms with van der Waals surface area (Å²) in [5.41, 5.74) is 0.562. The van der Waals surface area contributed by atoms with E-state index in [1.54, 1.807) is 12.1 Å². The zero-order valence-corrected chi connectivity index (χ0v) is 11.1. The van der Waals surface area contributed by atoms with Crippen molar-refractivity contribution in [1.82, 2.24) is 9.78 Å². The number of ether oxygens (including phenoxy) is 3. The van der Waals surface area contributed by atoms with Crippen molar-refractivity contribution in [2.75, 3.05) is 21.3 Å². The molecule has 0 N–H and O–H groups in total. The van der Waals surface area contributed by atoms with Gasteiger partial charge in [0.15, 0.2) is 11.5 Å². The van der Waals surface area contributed by atoms with E-state index in [1.807, 2.05) is 0 Å². The first-order valence-corrected chi connectivity index (χ1v) is 5.45. The van der Waals surface area contributed by atoms with Crippen molar-refractivity contribution in [3.63, 3.8) is 0 Å². The zero-order valence-electron chi connectivity index (χ0n) is 11.1. The maximum absolute atomic E-state index is 11.3. The number of aromatic nitrogens is 2. The molecule has 0 aliphatic heterocycles. The molecule has 19 heavy (non-hydrogen) atoms. The van der Waals surface area contributed by atoms with Crippen LogP contribution in [0.25, 0.3) is 11.5 Å². The van der Waals surface area contributed by atoms with Gasteiger partial charge >= 0.3 is 5.76 Å². The first-order valence-electron chi connectivity index (χ1n) is 5.45. The lowest BCUT2D eigenvalue weighted by atomic mass is 10.2. The van der Waals surface area contributed by atoms with E-state index >= 15 is 0 Å². The molecule has 1 heterocycles. The molecule has 1 aromatic carbocycles. The average molecular weight is 266 g/mol. The lowest BCUT2D eigenvalue weighted by Gasteiger charge is -2.12. The first-order chi connectivity index (χ1) is 9.10.